The lowest BCUT2D eigenvalue weighted by molar-refractivity contribution is 0.0597. The van der Waals surface area contributed by atoms with E-state index in [1.54, 1.807) is 0 Å². The normalized spacial score (nSPS) is 12.8. The van der Waals surface area contributed by atoms with E-state index in [1.165, 1.54) is 30.9 Å². The Morgan fingerprint density at radius 1 is 0.968 bits per heavy atom. The number of aromatic hydroxyl groups is 1. The van der Waals surface area contributed by atoms with Crippen molar-refractivity contribution in [3.05, 3.63) is 82.9 Å². The minimum Gasteiger partial charge on any atom is -0.507 e. The standard InChI is InChI=1S/C24H22O6S/c1-29-24(26)21-8-4-17(12-22(21)25)15-31(27,28)14-16-2-5-18(6-3-16)19-7-9-23-20(13-19)10-11-30-23/h2-9,12-13,25H,10-11,14-15H2,1H3. The molecule has 4 rings (SSSR count). The maximum atomic E-state index is 12.7. The summed E-state index contributed by atoms with van der Waals surface area (Å²) in [6, 6.07) is 17.7. The van der Waals surface area contributed by atoms with Crippen LogP contribution in [0.25, 0.3) is 11.1 Å². The number of sulfone groups is 1. The molecule has 0 spiro atoms. The molecule has 0 radical (unpaired) electrons. The highest BCUT2D eigenvalue weighted by atomic mass is 32.2. The van der Waals surface area contributed by atoms with Gasteiger partial charge in [-0.25, -0.2) is 13.2 Å². The first-order valence-corrected chi connectivity index (χ1v) is 11.6. The first-order chi connectivity index (χ1) is 14.8. The quantitative estimate of drug-likeness (QED) is 0.587. The first-order valence-electron chi connectivity index (χ1n) is 9.80. The number of hydrogen-bond donors (Lipinski definition) is 1. The third-order valence-corrected chi connectivity index (χ3v) is 6.76. The largest absolute Gasteiger partial charge is 0.507 e. The Hall–Kier alpha value is -3.32. The molecule has 0 fully saturated rings. The summed E-state index contributed by atoms with van der Waals surface area (Å²) >= 11 is 0. The van der Waals surface area contributed by atoms with Gasteiger partial charge in [0, 0.05) is 6.42 Å². The summed E-state index contributed by atoms with van der Waals surface area (Å²) in [4.78, 5) is 11.6. The summed E-state index contributed by atoms with van der Waals surface area (Å²) in [6.07, 6.45) is 0.898. The van der Waals surface area contributed by atoms with E-state index >= 15 is 0 Å². The Balaban J connectivity index is 1.46. The van der Waals surface area contributed by atoms with Crippen molar-refractivity contribution in [3.63, 3.8) is 0 Å². The third kappa shape index (κ3) is 4.72. The molecule has 6 nitrogen and oxygen atoms in total. The molecule has 160 valence electrons. The predicted octanol–water partition coefficient (Wildman–Crippen LogP) is 3.90. The number of carbonyl (C=O) groups excluding carboxylic acids is 1. The predicted molar refractivity (Wildman–Crippen MR) is 117 cm³/mol. The number of phenolic OH excluding ortho intramolecular Hbond substituents is 1. The smallest absolute Gasteiger partial charge is 0.341 e. The van der Waals surface area contributed by atoms with E-state index in [1.807, 2.05) is 36.4 Å². The second-order valence-corrected chi connectivity index (χ2v) is 9.56. The van der Waals surface area contributed by atoms with Crippen LogP contribution in [0.15, 0.2) is 60.7 Å². The second kappa shape index (κ2) is 8.43. The number of rotatable bonds is 6. The van der Waals surface area contributed by atoms with Gasteiger partial charge in [-0.05, 0) is 52.1 Å². The highest BCUT2D eigenvalue weighted by Gasteiger charge is 2.17. The van der Waals surface area contributed by atoms with Gasteiger partial charge in [0.05, 0.1) is 25.2 Å². The van der Waals surface area contributed by atoms with Crippen LogP contribution in [0.1, 0.15) is 27.0 Å². The SMILES string of the molecule is COC(=O)c1ccc(CS(=O)(=O)Cc2ccc(-c3ccc4c(c3)CCO4)cc2)cc1O. The Labute approximate surface area is 181 Å². The molecule has 0 saturated carbocycles. The molecular formula is C24H22O6S. The van der Waals surface area contributed by atoms with Gasteiger partial charge in [-0.15, -0.1) is 0 Å². The van der Waals surface area contributed by atoms with Crippen LogP contribution in [-0.4, -0.2) is 33.2 Å². The molecule has 3 aromatic rings. The topological polar surface area (TPSA) is 89.9 Å². The lowest BCUT2D eigenvalue weighted by Crippen LogP contribution is -2.08. The molecule has 0 aliphatic carbocycles. The summed E-state index contributed by atoms with van der Waals surface area (Å²) < 4.78 is 35.4. The van der Waals surface area contributed by atoms with E-state index in [2.05, 4.69) is 10.8 Å². The highest BCUT2D eigenvalue weighted by molar-refractivity contribution is 7.89. The molecular weight excluding hydrogens is 416 g/mol. The van der Waals surface area contributed by atoms with Gasteiger partial charge < -0.3 is 14.6 Å². The van der Waals surface area contributed by atoms with Crippen molar-refractivity contribution in [2.75, 3.05) is 13.7 Å². The number of hydrogen-bond acceptors (Lipinski definition) is 6. The lowest BCUT2D eigenvalue weighted by Gasteiger charge is -2.09. The van der Waals surface area contributed by atoms with Gasteiger partial charge in [-0.2, -0.15) is 0 Å². The number of phenols is 1. The van der Waals surface area contributed by atoms with Crippen LogP contribution in [0.2, 0.25) is 0 Å². The van der Waals surface area contributed by atoms with Crippen LogP contribution in [0.5, 0.6) is 11.5 Å². The fraction of sp³-hybridized carbons (Fsp3) is 0.208. The van der Waals surface area contributed by atoms with E-state index in [0.29, 0.717) is 17.7 Å². The van der Waals surface area contributed by atoms with Gasteiger partial charge in [0.2, 0.25) is 0 Å². The van der Waals surface area contributed by atoms with Gasteiger partial charge >= 0.3 is 5.97 Å². The fourth-order valence-corrected chi connectivity index (χ4v) is 5.16. The number of ether oxygens (including phenoxy) is 2. The van der Waals surface area contributed by atoms with Crippen molar-refractivity contribution in [1.29, 1.82) is 0 Å². The average Bonchev–Trinajstić information content (AvgIpc) is 3.21. The average molecular weight is 439 g/mol. The van der Waals surface area contributed by atoms with Crippen LogP contribution in [-0.2, 0) is 32.5 Å². The van der Waals surface area contributed by atoms with Crippen LogP contribution in [0, 0.1) is 0 Å². The summed E-state index contributed by atoms with van der Waals surface area (Å²) in [5.41, 5.74) is 4.35. The summed E-state index contributed by atoms with van der Waals surface area (Å²) in [7, 11) is -2.26. The van der Waals surface area contributed by atoms with Crippen molar-refractivity contribution < 1.29 is 27.8 Å². The molecule has 3 aromatic carbocycles. The van der Waals surface area contributed by atoms with E-state index in [0.717, 1.165) is 23.3 Å². The molecule has 1 N–H and O–H groups in total. The van der Waals surface area contributed by atoms with Gasteiger partial charge in [0.1, 0.15) is 17.1 Å². The Kier molecular flexibility index (Phi) is 5.69. The Morgan fingerprint density at radius 2 is 1.65 bits per heavy atom. The summed E-state index contributed by atoms with van der Waals surface area (Å²) in [5, 5.41) is 9.97. The Bertz CT molecular complexity index is 1230. The van der Waals surface area contributed by atoms with Crippen molar-refractivity contribution in [1.82, 2.24) is 0 Å². The zero-order valence-electron chi connectivity index (χ0n) is 17.0. The third-order valence-electron chi connectivity index (χ3n) is 5.22. The van der Waals surface area contributed by atoms with E-state index in [9.17, 15) is 18.3 Å². The minimum absolute atomic E-state index is 0.00245. The molecule has 0 bridgehead atoms. The fourth-order valence-electron chi connectivity index (χ4n) is 3.67. The van der Waals surface area contributed by atoms with E-state index < -0.39 is 15.8 Å². The molecule has 0 unspecified atom stereocenters. The van der Waals surface area contributed by atoms with Crippen LogP contribution in [0.3, 0.4) is 0 Å². The van der Waals surface area contributed by atoms with Crippen molar-refractivity contribution in [2.45, 2.75) is 17.9 Å². The van der Waals surface area contributed by atoms with Gasteiger partial charge in [0.15, 0.2) is 9.84 Å². The van der Waals surface area contributed by atoms with Crippen LogP contribution in [0.4, 0.5) is 0 Å². The highest BCUT2D eigenvalue weighted by Crippen LogP contribution is 2.31. The number of methoxy groups -OCH3 is 1. The van der Waals surface area contributed by atoms with Gasteiger partial charge in [-0.1, -0.05) is 36.4 Å². The van der Waals surface area contributed by atoms with Crippen molar-refractivity contribution in [2.24, 2.45) is 0 Å². The van der Waals surface area contributed by atoms with E-state index in [4.69, 9.17) is 4.74 Å². The monoisotopic (exact) mass is 438 g/mol. The van der Waals surface area contributed by atoms with Gasteiger partial charge in [-0.3, -0.25) is 0 Å². The maximum absolute atomic E-state index is 12.7. The summed E-state index contributed by atoms with van der Waals surface area (Å²) in [5.74, 6) is -0.414. The molecule has 0 aromatic heterocycles. The Morgan fingerprint density at radius 3 is 2.35 bits per heavy atom. The molecule has 1 aliphatic rings. The molecule has 1 heterocycles. The number of carbonyl (C=O) groups is 1. The first kappa shape index (κ1) is 20.9. The van der Waals surface area contributed by atoms with Crippen LogP contribution < -0.4 is 4.74 Å². The molecule has 7 heteroatoms. The minimum atomic E-state index is -3.47. The molecule has 0 saturated heterocycles. The van der Waals surface area contributed by atoms with Crippen molar-refractivity contribution >= 4 is 15.8 Å². The number of esters is 1. The molecule has 0 amide bonds. The molecule has 0 atom stereocenters. The zero-order valence-corrected chi connectivity index (χ0v) is 17.8. The number of fused-ring (bicyclic) bond motifs is 1. The zero-order chi connectivity index (χ0) is 22.0. The summed E-state index contributed by atoms with van der Waals surface area (Å²) in [6.45, 7) is 0.707. The maximum Gasteiger partial charge on any atom is 0.341 e. The molecule has 1 aliphatic heterocycles. The van der Waals surface area contributed by atoms with Crippen LogP contribution >= 0.6 is 0 Å². The lowest BCUT2D eigenvalue weighted by atomic mass is 10.0. The van der Waals surface area contributed by atoms with Crippen molar-refractivity contribution in [3.8, 4) is 22.6 Å². The van der Waals surface area contributed by atoms with Gasteiger partial charge in [0.25, 0.3) is 0 Å². The molecule has 31 heavy (non-hydrogen) atoms. The van der Waals surface area contributed by atoms with E-state index in [-0.39, 0.29) is 22.8 Å². The second-order valence-electron chi connectivity index (χ2n) is 7.49. The number of benzene rings is 3.